The van der Waals surface area contributed by atoms with Gasteiger partial charge in [-0.25, -0.2) is 4.98 Å². The monoisotopic (exact) mass is 465 g/mol. The van der Waals surface area contributed by atoms with Crippen LogP contribution in [-0.2, 0) is 6.54 Å². The van der Waals surface area contributed by atoms with Crippen LogP contribution in [-0.4, -0.2) is 19.5 Å². The average Bonchev–Trinajstić information content (AvgIpc) is 3.23. The van der Waals surface area contributed by atoms with Gasteiger partial charge in [-0.05, 0) is 31.1 Å². The number of unbranched alkanes of at least 4 members (excludes halogenated alkanes) is 15. The van der Waals surface area contributed by atoms with Crippen LogP contribution < -0.4 is 11.3 Å². The fourth-order valence-electron chi connectivity index (χ4n) is 4.07. The second-order valence-corrected chi connectivity index (χ2v) is 9.11. The number of aromatic nitrogens is 4. The highest BCUT2D eigenvalue weighted by Gasteiger charge is 2.08. The summed E-state index contributed by atoms with van der Waals surface area (Å²) < 4.78 is 1.91. The molecule has 0 saturated carbocycles. The molecule has 0 spiro atoms. The van der Waals surface area contributed by atoms with Crippen LogP contribution >= 0.6 is 0 Å². The summed E-state index contributed by atoms with van der Waals surface area (Å²) in [5, 5.41) is 0. The Morgan fingerprint density at radius 2 is 1.35 bits per heavy atom. The lowest BCUT2D eigenvalue weighted by molar-refractivity contribution is 0.550. The number of nitrogen functional groups attached to an aromatic ring is 1. The third-order valence-corrected chi connectivity index (χ3v) is 6.09. The predicted octanol–water partition coefficient (Wildman–Crippen LogP) is 6.36. The third-order valence-electron chi connectivity index (χ3n) is 6.09. The molecule has 2 aromatic heterocycles. The number of aryl methyl sites for hydroxylation is 1. The molecule has 0 aliphatic rings. The van der Waals surface area contributed by atoms with Gasteiger partial charge in [-0.15, -0.1) is 0 Å². The molecule has 34 heavy (non-hydrogen) atoms. The summed E-state index contributed by atoms with van der Waals surface area (Å²) in [6, 6.07) is 0. The van der Waals surface area contributed by atoms with Crippen molar-refractivity contribution in [3.8, 4) is 23.7 Å². The van der Waals surface area contributed by atoms with Crippen molar-refractivity contribution < 1.29 is 0 Å². The smallest absolute Gasteiger partial charge is 0.280 e. The Bertz CT molecular complexity index is 999. The average molecular weight is 466 g/mol. The maximum absolute atomic E-state index is 11.8. The summed E-state index contributed by atoms with van der Waals surface area (Å²) in [7, 11) is 0. The number of imidazole rings is 1. The van der Waals surface area contributed by atoms with E-state index in [9.17, 15) is 4.79 Å². The van der Waals surface area contributed by atoms with Gasteiger partial charge in [0, 0.05) is 19.4 Å². The molecule has 0 aliphatic carbocycles. The van der Waals surface area contributed by atoms with Crippen LogP contribution in [0, 0.1) is 23.7 Å². The van der Waals surface area contributed by atoms with Crippen LogP contribution in [0.15, 0.2) is 11.1 Å². The van der Waals surface area contributed by atoms with Crippen LogP contribution in [0.3, 0.4) is 0 Å². The Balaban J connectivity index is 1.40. The van der Waals surface area contributed by atoms with E-state index < -0.39 is 0 Å². The second-order valence-electron chi connectivity index (χ2n) is 9.11. The molecule has 0 radical (unpaired) electrons. The molecule has 2 aromatic rings. The van der Waals surface area contributed by atoms with Gasteiger partial charge in [0.15, 0.2) is 11.2 Å². The zero-order chi connectivity index (χ0) is 24.3. The van der Waals surface area contributed by atoms with Gasteiger partial charge < -0.3 is 10.3 Å². The van der Waals surface area contributed by atoms with E-state index in [1.807, 2.05) is 4.57 Å². The van der Waals surface area contributed by atoms with Crippen molar-refractivity contribution in [2.45, 2.75) is 123 Å². The highest BCUT2D eigenvalue weighted by Crippen LogP contribution is 2.12. The Morgan fingerprint density at radius 3 is 1.94 bits per heavy atom. The van der Waals surface area contributed by atoms with Gasteiger partial charge >= 0.3 is 0 Å². The number of nitrogens with one attached hydrogen (secondary N) is 1. The lowest BCUT2D eigenvalue weighted by Crippen LogP contribution is -2.12. The Kier molecular flexibility index (Phi) is 14.3. The minimum Gasteiger partial charge on any atom is -0.369 e. The van der Waals surface area contributed by atoms with Gasteiger partial charge in [-0.1, -0.05) is 95.8 Å². The number of hydrogen-bond donors (Lipinski definition) is 2. The first-order valence-corrected chi connectivity index (χ1v) is 13.4. The lowest BCUT2D eigenvalue weighted by Gasteiger charge is -2.04. The fraction of sp³-hybridized carbons (Fsp3) is 0.679. The zero-order valence-corrected chi connectivity index (χ0v) is 21.1. The maximum atomic E-state index is 11.8. The number of nitrogens with two attached hydrogens (primary N) is 1. The number of fused-ring (bicyclic) bond motifs is 1. The van der Waals surface area contributed by atoms with Gasteiger partial charge in [0.2, 0.25) is 5.95 Å². The van der Waals surface area contributed by atoms with Crippen LogP contribution in [0.25, 0.3) is 11.2 Å². The minimum atomic E-state index is -0.281. The fourth-order valence-corrected chi connectivity index (χ4v) is 4.07. The lowest BCUT2D eigenvalue weighted by atomic mass is 10.1. The highest BCUT2D eigenvalue weighted by atomic mass is 16.1. The molecular weight excluding hydrogens is 422 g/mol. The van der Waals surface area contributed by atoms with E-state index in [-0.39, 0.29) is 11.5 Å². The minimum absolute atomic E-state index is 0.134. The number of anilines is 1. The van der Waals surface area contributed by atoms with Crippen molar-refractivity contribution in [3.63, 3.8) is 0 Å². The van der Waals surface area contributed by atoms with Crippen molar-refractivity contribution in [2.24, 2.45) is 0 Å². The molecular formula is C28H43N5O. The molecule has 0 aliphatic heterocycles. The van der Waals surface area contributed by atoms with Crippen molar-refractivity contribution >= 4 is 17.1 Å². The second kappa shape index (κ2) is 17.7. The molecule has 0 unspecified atom stereocenters. The largest absolute Gasteiger partial charge is 0.369 e. The summed E-state index contributed by atoms with van der Waals surface area (Å²) >= 11 is 0. The van der Waals surface area contributed by atoms with Crippen molar-refractivity contribution in [3.05, 3.63) is 16.7 Å². The van der Waals surface area contributed by atoms with Crippen LogP contribution in [0.5, 0.6) is 0 Å². The molecule has 0 aromatic carbocycles. The topological polar surface area (TPSA) is 89.6 Å². The van der Waals surface area contributed by atoms with Gasteiger partial charge in [-0.2, -0.15) is 4.98 Å². The molecule has 2 rings (SSSR count). The van der Waals surface area contributed by atoms with E-state index >= 15 is 0 Å². The maximum Gasteiger partial charge on any atom is 0.280 e. The summed E-state index contributed by atoms with van der Waals surface area (Å²) in [6.45, 7) is 3.07. The predicted molar refractivity (Wildman–Crippen MR) is 142 cm³/mol. The Labute approximate surface area is 205 Å². The first kappa shape index (κ1) is 27.5. The third kappa shape index (κ3) is 11.4. The van der Waals surface area contributed by atoms with E-state index in [0.717, 1.165) is 38.6 Å². The first-order chi connectivity index (χ1) is 16.7. The molecule has 3 N–H and O–H groups in total. The summed E-state index contributed by atoms with van der Waals surface area (Å²) in [6.07, 6.45) is 22.7. The summed E-state index contributed by atoms with van der Waals surface area (Å²) in [5.74, 6) is 12.5. The molecule has 6 nitrogen and oxygen atoms in total. The quantitative estimate of drug-likeness (QED) is 0.210. The van der Waals surface area contributed by atoms with Gasteiger partial charge in [0.25, 0.3) is 5.56 Å². The summed E-state index contributed by atoms with van der Waals surface area (Å²) in [4.78, 5) is 22.6. The molecule has 2 heterocycles. The molecule has 0 amide bonds. The summed E-state index contributed by atoms with van der Waals surface area (Å²) in [5.41, 5.74) is 6.28. The van der Waals surface area contributed by atoms with Gasteiger partial charge in [0.1, 0.15) is 0 Å². The number of nitrogens with zero attached hydrogens (tertiary/aromatic N) is 3. The Morgan fingerprint density at radius 1 is 0.824 bits per heavy atom. The van der Waals surface area contributed by atoms with E-state index in [1.165, 1.54) is 77.0 Å². The molecule has 0 atom stereocenters. The molecule has 186 valence electrons. The number of H-pyrrole nitrogens is 1. The number of hydrogen-bond acceptors (Lipinski definition) is 4. The number of aromatic amines is 1. The highest BCUT2D eigenvalue weighted by molar-refractivity contribution is 5.70. The SMILES string of the molecule is CCCCCCCCCCC#CC#CCCCCCCCCCn1cnc2c(=O)[nH]c(N)nc21. The van der Waals surface area contributed by atoms with E-state index in [4.69, 9.17) is 5.73 Å². The molecule has 0 saturated heterocycles. The van der Waals surface area contributed by atoms with Crippen molar-refractivity contribution in [1.29, 1.82) is 0 Å². The molecule has 0 fully saturated rings. The van der Waals surface area contributed by atoms with Crippen LogP contribution in [0.4, 0.5) is 5.95 Å². The van der Waals surface area contributed by atoms with E-state index in [0.29, 0.717) is 11.2 Å². The zero-order valence-electron chi connectivity index (χ0n) is 21.1. The normalized spacial score (nSPS) is 10.6. The first-order valence-electron chi connectivity index (χ1n) is 13.4. The van der Waals surface area contributed by atoms with Crippen molar-refractivity contribution in [2.75, 3.05) is 5.73 Å². The van der Waals surface area contributed by atoms with Gasteiger partial charge in [0.05, 0.1) is 6.33 Å². The van der Waals surface area contributed by atoms with E-state index in [1.54, 1.807) is 6.33 Å². The number of rotatable bonds is 17. The van der Waals surface area contributed by atoms with Crippen LogP contribution in [0.1, 0.15) is 116 Å². The van der Waals surface area contributed by atoms with Crippen LogP contribution in [0.2, 0.25) is 0 Å². The molecule has 6 heteroatoms. The van der Waals surface area contributed by atoms with Crippen molar-refractivity contribution in [1.82, 2.24) is 19.5 Å². The Hall–Kier alpha value is -2.73. The standard InChI is InChI=1S/C28H43N5O/c1-2-3-4-5-6-7-8-9-10-11-12-13-14-15-16-17-18-19-20-21-22-23-33-24-30-25-26(33)31-28(29)32-27(25)34/h24H,2-10,15-23H2,1H3,(H3,29,31,32,34). The van der Waals surface area contributed by atoms with Gasteiger partial charge in [-0.3, -0.25) is 9.78 Å². The van der Waals surface area contributed by atoms with E-state index in [2.05, 4.69) is 45.6 Å². The molecule has 0 bridgehead atoms.